The molecule has 0 spiro atoms. The molecule has 0 radical (unpaired) electrons. The van der Waals surface area contributed by atoms with Crippen LogP contribution in [0.25, 0.3) is 0 Å². The van der Waals surface area contributed by atoms with Crippen LogP contribution in [0.2, 0.25) is 5.02 Å². The second-order valence-corrected chi connectivity index (χ2v) is 4.66. The molecule has 2 N–H and O–H groups in total. The van der Waals surface area contributed by atoms with Gasteiger partial charge in [0.2, 0.25) is 5.91 Å². The van der Waals surface area contributed by atoms with Gasteiger partial charge >= 0.3 is 0 Å². The molecular formula is C12H13ClN2O2. The first kappa shape index (κ1) is 11.9. The standard InChI is InChI=1S/C12H13ClN2O2/c1-8(15-17)12(6-7-12)11(16)14-10-4-2-9(13)3-5-10/h2-5,17H,6-7H2,1H3,(H,14,16)/b15-8+. The number of benzene rings is 1. The number of nitrogens with zero attached hydrogens (tertiary/aromatic N) is 1. The van der Waals surface area contributed by atoms with E-state index in [1.54, 1.807) is 31.2 Å². The van der Waals surface area contributed by atoms with Crippen molar-refractivity contribution in [3.63, 3.8) is 0 Å². The van der Waals surface area contributed by atoms with Crippen LogP contribution in [0.5, 0.6) is 0 Å². The summed E-state index contributed by atoms with van der Waals surface area (Å²) in [7, 11) is 0. The van der Waals surface area contributed by atoms with Gasteiger partial charge in [0.1, 0.15) is 0 Å². The van der Waals surface area contributed by atoms with Crippen LogP contribution in [-0.2, 0) is 4.79 Å². The van der Waals surface area contributed by atoms with E-state index >= 15 is 0 Å². The number of nitrogens with one attached hydrogen (secondary N) is 1. The normalized spacial score (nSPS) is 17.6. The Labute approximate surface area is 104 Å². The topological polar surface area (TPSA) is 61.7 Å². The molecule has 1 aliphatic carbocycles. The largest absolute Gasteiger partial charge is 0.411 e. The van der Waals surface area contributed by atoms with Crippen molar-refractivity contribution in [3.8, 4) is 0 Å². The molecule has 0 heterocycles. The zero-order chi connectivity index (χ0) is 12.5. The molecule has 1 saturated carbocycles. The van der Waals surface area contributed by atoms with Crippen LogP contribution in [0.1, 0.15) is 19.8 Å². The Morgan fingerprint density at radius 2 is 2.00 bits per heavy atom. The molecule has 1 aliphatic rings. The molecule has 0 unspecified atom stereocenters. The molecule has 90 valence electrons. The van der Waals surface area contributed by atoms with Gasteiger partial charge < -0.3 is 10.5 Å². The number of oxime groups is 1. The second kappa shape index (κ2) is 4.37. The summed E-state index contributed by atoms with van der Waals surface area (Å²) in [4.78, 5) is 12.0. The molecule has 1 aromatic carbocycles. The Hall–Kier alpha value is -1.55. The van der Waals surface area contributed by atoms with Crippen LogP contribution in [0.15, 0.2) is 29.4 Å². The highest BCUT2D eigenvalue weighted by molar-refractivity contribution is 6.30. The van der Waals surface area contributed by atoms with E-state index in [9.17, 15) is 4.79 Å². The van der Waals surface area contributed by atoms with Crippen molar-refractivity contribution < 1.29 is 10.0 Å². The molecule has 17 heavy (non-hydrogen) atoms. The molecule has 0 atom stereocenters. The van der Waals surface area contributed by atoms with Gasteiger partial charge in [-0.3, -0.25) is 4.79 Å². The van der Waals surface area contributed by atoms with E-state index in [1.165, 1.54) is 0 Å². The number of rotatable bonds is 3. The van der Waals surface area contributed by atoms with E-state index in [-0.39, 0.29) is 5.91 Å². The van der Waals surface area contributed by atoms with Crippen molar-refractivity contribution in [3.05, 3.63) is 29.3 Å². The summed E-state index contributed by atoms with van der Waals surface area (Å²) in [6.07, 6.45) is 1.45. The smallest absolute Gasteiger partial charge is 0.236 e. The molecule has 5 heteroatoms. The molecular weight excluding hydrogens is 240 g/mol. The third-order valence-electron chi connectivity index (χ3n) is 3.13. The van der Waals surface area contributed by atoms with Gasteiger partial charge in [0, 0.05) is 10.7 Å². The maximum absolute atomic E-state index is 12.0. The Kier molecular flexibility index (Phi) is 3.07. The van der Waals surface area contributed by atoms with Crippen molar-refractivity contribution in [2.24, 2.45) is 10.6 Å². The molecule has 1 amide bonds. The van der Waals surface area contributed by atoms with Crippen LogP contribution < -0.4 is 5.32 Å². The van der Waals surface area contributed by atoms with E-state index in [0.717, 1.165) is 12.8 Å². The summed E-state index contributed by atoms with van der Waals surface area (Å²) in [5.74, 6) is -0.130. The number of carbonyl (C=O) groups is 1. The molecule has 4 nitrogen and oxygen atoms in total. The number of halogens is 1. The maximum Gasteiger partial charge on any atom is 0.236 e. The summed E-state index contributed by atoms with van der Waals surface area (Å²) in [5.41, 5.74) is 0.536. The van der Waals surface area contributed by atoms with Gasteiger partial charge in [-0.25, -0.2) is 0 Å². The Morgan fingerprint density at radius 1 is 1.41 bits per heavy atom. The first-order chi connectivity index (χ1) is 8.08. The van der Waals surface area contributed by atoms with E-state index in [1.807, 2.05) is 0 Å². The lowest BCUT2D eigenvalue weighted by atomic mass is 10.0. The van der Waals surface area contributed by atoms with E-state index in [2.05, 4.69) is 10.5 Å². The fraction of sp³-hybridized carbons (Fsp3) is 0.333. The first-order valence-corrected chi connectivity index (χ1v) is 5.72. The maximum atomic E-state index is 12.0. The second-order valence-electron chi connectivity index (χ2n) is 4.23. The Bertz CT molecular complexity index is 464. The summed E-state index contributed by atoms with van der Waals surface area (Å²) in [6.45, 7) is 1.66. The fourth-order valence-electron chi connectivity index (χ4n) is 1.76. The minimum absolute atomic E-state index is 0.130. The number of carbonyl (C=O) groups excluding carboxylic acids is 1. The van der Waals surface area contributed by atoms with Gasteiger partial charge in [-0.05, 0) is 44.0 Å². The molecule has 0 bridgehead atoms. The van der Waals surface area contributed by atoms with Crippen LogP contribution in [0.4, 0.5) is 5.69 Å². The van der Waals surface area contributed by atoms with E-state index in [4.69, 9.17) is 16.8 Å². The van der Waals surface area contributed by atoms with Gasteiger partial charge in [-0.1, -0.05) is 16.8 Å². The van der Waals surface area contributed by atoms with E-state index < -0.39 is 5.41 Å². The number of hydrogen-bond acceptors (Lipinski definition) is 3. The molecule has 2 rings (SSSR count). The number of hydrogen-bond donors (Lipinski definition) is 2. The summed E-state index contributed by atoms with van der Waals surface area (Å²) < 4.78 is 0. The quantitative estimate of drug-likeness (QED) is 0.494. The first-order valence-electron chi connectivity index (χ1n) is 5.35. The van der Waals surface area contributed by atoms with Gasteiger partial charge in [-0.15, -0.1) is 0 Å². The zero-order valence-corrected chi connectivity index (χ0v) is 10.2. The van der Waals surface area contributed by atoms with Crippen LogP contribution in [0, 0.1) is 5.41 Å². The highest BCUT2D eigenvalue weighted by atomic mass is 35.5. The van der Waals surface area contributed by atoms with Crippen molar-refractivity contribution in [1.82, 2.24) is 0 Å². The fourth-order valence-corrected chi connectivity index (χ4v) is 1.88. The molecule has 0 aromatic heterocycles. The van der Waals surface area contributed by atoms with Crippen LogP contribution in [-0.4, -0.2) is 16.8 Å². The lowest BCUT2D eigenvalue weighted by molar-refractivity contribution is -0.119. The third-order valence-corrected chi connectivity index (χ3v) is 3.38. The van der Waals surface area contributed by atoms with Gasteiger partial charge in [-0.2, -0.15) is 0 Å². The average Bonchev–Trinajstić information content (AvgIpc) is 3.12. The predicted octanol–water partition coefficient (Wildman–Crippen LogP) is 2.91. The zero-order valence-electron chi connectivity index (χ0n) is 9.40. The van der Waals surface area contributed by atoms with E-state index in [0.29, 0.717) is 16.4 Å². The van der Waals surface area contributed by atoms with Crippen molar-refractivity contribution in [2.75, 3.05) is 5.32 Å². The lowest BCUT2D eigenvalue weighted by Gasteiger charge is -2.13. The summed E-state index contributed by atoms with van der Waals surface area (Å²) in [5, 5.41) is 15.3. The average molecular weight is 253 g/mol. The number of anilines is 1. The van der Waals surface area contributed by atoms with Crippen molar-refractivity contribution >= 4 is 28.9 Å². The van der Waals surface area contributed by atoms with Gasteiger partial charge in [0.05, 0.1) is 11.1 Å². The molecule has 1 fully saturated rings. The molecule has 0 saturated heterocycles. The third kappa shape index (κ3) is 2.26. The van der Waals surface area contributed by atoms with Gasteiger partial charge in [0.25, 0.3) is 0 Å². The Morgan fingerprint density at radius 3 is 2.47 bits per heavy atom. The highest BCUT2D eigenvalue weighted by Gasteiger charge is 2.53. The van der Waals surface area contributed by atoms with Crippen LogP contribution >= 0.6 is 11.6 Å². The lowest BCUT2D eigenvalue weighted by Crippen LogP contribution is -2.30. The van der Waals surface area contributed by atoms with Crippen molar-refractivity contribution in [2.45, 2.75) is 19.8 Å². The van der Waals surface area contributed by atoms with Crippen LogP contribution in [0.3, 0.4) is 0 Å². The summed E-state index contributed by atoms with van der Waals surface area (Å²) in [6, 6.07) is 6.90. The minimum atomic E-state index is -0.617. The summed E-state index contributed by atoms with van der Waals surface area (Å²) >= 11 is 5.76. The Balaban J connectivity index is 2.10. The minimum Gasteiger partial charge on any atom is -0.411 e. The highest BCUT2D eigenvalue weighted by Crippen LogP contribution is 2.47. The SMILES string of the molecule is C/C(=N\O)C1(C(=O)Nc2ccc(Cl)cc2)CC1. The monoisotopic (exact) mass is 252 g/mol. The van der Waals surface area contributed by atoms with Crippen molar-refractivity contribution in [1.29, 1.82) is 0 Å². The number of amides is 1. The molecule has 0 aliphatic heterocycles. The molecule has 1 aromatic rings. The van der Waals surface area contributed by atoms with Gasteiger partial charge in [0.15, 0.2) is 0 Å². The predicted molar refractivity (Wildman–Crippen MR) is 66.6 cm³/mol.